The summed E-state index contributed by atoms with van der Waals surface area (Å²) in [6, 6.07) is 7.88. The number of anilines is 1. The molecular formula is C19H23BrN2O2S. The van der Waals surface area contributed by atoms with Crippen molar-refractivity contribution in [2.24, 2.45) is 11.8 Å². The molecule has 1 aliphatic rings. The van der Waals surface area contributed by atoms with E-state index in [-0.39, 0.29) is 18.4 Å². The molecule has 0 radical (unpaired) electrons. The summed E-state index contributed by atoms with van der Waals surface area (Å²) in [5.74, 6) is 0.880. The van der Waals surface area contributed by atoms with Crippen LogP contribution in [0.5, 0.6) is 0 Å². The number of carbonyl (C=O) groups excluding carboxylic acids is 1. The van der Waals surface area contributed by atoms with Crippen LogP contribution in [0.3, 0.4) is 0 Å². The van der Waals surface area contributed by atoms with Crippen LogP contribution in [0.2, 0.25) is 0 Å². The molecule has 1 aromatic carbocycles. The number of aliphatic hydroxyl groups is 1. The molecule has 0 saturated heterocycles. The second-order valence-corrected chi connectivity index (χ2v) is 8.74. The third-order valence-electron chi connectivity index (χ3n) is 5.28. The Balaban J connectivity index is 1.73. The second-order valence-electron chi connectivity index (χ2n) is 6.97. The molecule has 25 heavy (non-hydrogen) atoms. The molecule has 1 aromatic heterocycles. The SMILES string of the molecule is CC[C@H]1C[C@H](C(=O)Nc2nc(C(C)(CO)c3ccc(Br)cc3)cs2)C1. The number of benzene rings is 1. The number of hydrogen-bond acceptors (Lipinski definition) is 4. The summed E-state index contributed by atoms with van der Waals surface area (Å²) >= 11 is 4.85. The van der Waals surface area contributed by atoms with Crippen LogP contribution in [-0.2, 0) is 10.2 Å². The van der Waals surface area contributed by atoms with E-state index in [4.69, 9.17) is 0 Å². The third-order valence-corrected chi connectivity index (χ3v) is 6.57. The number of rotatable bonds is 6. The summed E-state index contributed by atoms with van der Waals surface area (Å²) < 4.78 is 0.994. The van der Waals surface area contributed by atoms with E-state index < -0.39 is 5.41 Å². The summed E-state index contributed by atoms with van der Waals surface area (Å²) in [4.78, 5) is 16.9. The van der Waals surface area contributed by atoms with E-state index >= 15 is 0 Å². The lowest BCUT2D eigenvalue weighted by atomic mass is 9.73. The van der Waals surface area contributed by atoms with E-state index in [1.165, 1.54) is 11.3 Å². The van der Waals surface area contributed by atoms with E-state index in [2.05, 4.69) is 33.2 Å². The van der Waals surface area contributed by atoms with Crippen molar-refractivity contribution in [1.82, 2.24) is 4.98 Å². The Morgan fingerprint density at radius 1 is 1.40 bits per heavy atom. The highest BCUT2D eigenvalue weighted by Crippen LogP contribution is 2.38. The van der Waals surface area contributed by atoms with Crippen LogP contribution in [0.1, 0.15) is 44.4 Å². The molecule has 3 rings (SSSR count). The van der Waals surface area contributed by atoms with Gasteiger partial charge >= 0.3 is 0 Å². The van der Waals surface area contributed by atoms with Crippen molar-refractivity contribution in [3.8, 4) is 0 Å². The monoisotopic (exact) mass is 422 g/mol. The van der Waals surface area contributed by atoms with Crippen molar-refractivity contribution in [3.05, 3.63) is 45.4 Å². The zero-order valence-electron chi connectivity index (χ0n) is 14.5. The summed E-state index contributed by atoms with van der Waals surface area (Å²) in [5, 5.41) is 15.5. The fraction of sp³-hybridized carbons (Fsp3) is 0.474. The number of amides is 1. The molecular weight excluding hydrogens is 400 g/mol. The highest BCUT2D eigenvalue weighted by atomic mass is 79.9. The number of carbonyl (C=O) groups is 1. The number of thiazole rings is 1. The minimum Gasteiger partial charge on any atom is -0.395 e. The van der Waals surface area contributed by atoms with Crippen molar-refractivity contribution >= 4 is 38.3 Å². The van der Waals surface area contributed by atoms with E-state index in [0.717, 1.165) is 35.0 Å². The molecule has 4 nitrogen and oxygen atoms in total. The lowest BCUT2D eigenvalue weighted by Gasteiger charge is -2.33. The smallest absolute Gasteiger partial charge is 0.229 e. The van der Waals surface area contributed by atoms with Gasteiger partial charge in [-0.3, -0.25) is 4.79 Å². The van der Waals surface area contributed by atoms with E-state index in [1.54, 1.807) is 0 Å². The Labute approximate surface area is 160 Å². The Hall–Kier alpha value is -1.24. The summed E-state index contributed by atoms with van der Waals surface area (Å²) in [6.45, 7) is 4.09. The van der Waals surface area contributed by atoms with Crippen molar-refractivity contribution in [2.75, 3.05) is 11.9 Å². The van der Waals surface area contributed by atoms with Crippen LogP contribution in [0.4, 0.5) is 5.13 Å². The standard InChI is InChI=1S/C19H23BrN2O2S/c1-3-12-8-13(9-12)17(24)22-18-21-16(10-25-18)19(2,11-23)14-4-6-15(20)7-5-14/h4-7,10,12-13,23H,3,8-9,11H2,1-2H3,(H,21,22,24)/t12-,13-,19?. The number of nitrogens with one attached hydrogen (secondary N) is 1. The number of halogens is 1. The van der Waals surface area contributed by atoms with Gasteiger partial charge in [-0.2, -0.15) is 0 Å². The zero-order chi connectivity index (χ0) is 18.0. The molecule has 1 atom stereocenters. The summed E-state index contributed by atoms with van der Waals surface area (Å²) in [6.07, 6.45) is 3.11. The van der Waals surface area contributed by atoms with Gasteiger partial charge in [0.15, 0.2) is 5.13 Å². The van der Waals surface area contributed by atoms with Gasteiger partial charge in [0, 0.05) is 15.8 Å². The molecule has 1 heterocycles. The van der Waals surface area contributed by atoms with Crippen LogP contribution in [0.25, 0.3) is 0 Å². The third kappa shape index (κ3) is 3.81. The molecule has 134 valence electrons. The fourth-order valence-corrected chi connectivity index (χ4v) is 4.32. The Bertz CT molecular complexity index is 740. The van der Waals surface area contributed by atoms with Crippen LogP contribution in [0, 0.1) is 11.8 Å². The van der Waals surface area contributed by atoms with Gasteiger partial charge in [0.25, 0.3) is 0 Å². The van der Waals surface area contributed by atoms with Crippen LogP contribution >= 0.6 is 27.3 Å². The van der Waals surface area contributed by atoms with Crippen molar-refractivity contribution in [1.29, 1.82) is 0 Å². The fourth-order valence-electron chi connectivity index (χ4n) is 3.21. The van der Waals surface area contributed by atoms with Crippen molar-refractivity contribution in [3.63, 3.8) is 0 Å². The lowest BCUT2D eigenvalue weighted by molar-refractivity contribution is -0.123. The maximum atomic E-state index is 12.3. The predicted molar refractivity (Wildman–Crippen MR) is 105 cm³/mol. The molecule has 0 spiro atoms. The quantitative estimate of drug-likeness (QED) is 0.715. The minimum atomic E-state index is -0.593. The minimum absolute atomic E-state index is 0.0491. The largest absolute Gasteiger partial charge is 0.395 e. The van der Waals surface area contributed by atoms with Gasteiger partial charge < -0.3 is 10.4 Å². The molecule has 2 aromatic rings. The maximum Gasteiger partial charge on any atom is 0.229 e. The van der Waals surface area contributed by atoms with Crippen LogP contribution in [0.15, 0.2) is 34.1 Å². The predicted octanol–water partition coefficient (Wildman–Crippen LogP) is 4.58. The first-order valence-corrected chi connectivity index (χ1v) is 10.3. The molecule has 0 bridgehead atoms. The average Bonchev–Trinajstić information content (AvgIpc) is 3.03. The van der Waals surface area contributed by atoms with Gasteiger partial charge in [-0.15, -0.1) is 11.3 Å². The first kappa shape index (κ1) is 18.5. The van der Waals surface area contributed by atoms with Crippen LogP contribution < -0.4 is 5.32 Å². The maximum absolute atomic E-state index is 12.3. The molecule has 0 aliphatic heterocycles. The van der Waals surface area contributed by atoms with Gasteiger partial charge in [-0.1, -0.05) is 41.4 Å². The molecule has 6 heteroatoms. The van der Waals surface area contributed by atoms with Crippen molar-refractivity contribution < 1.29 is 9.90 Å². The number of nitrogens with zero attached hydrogens (tertiary/aromatic N) is 1. The van der Waals surface area contributed by atoms with E-state index in [0.29, 0.717) is 11.0 Å². The highest BCUT2D eigenvalue weighted by Gasteiger charge is 2.34. The van der Waals surface area contributed by atoms with E-state index in [1.807, 2.05) is 36.6 Å². The molecule has 1 amide bonds. The average molecular weight is 423 g/mol. The summed E-state index contributed by atoms with van der Waals surface area (Å²) in [5.41, 5.74) is 1.17. The zero-order valence-corrected chi connectivity index (χ0v) is 16.9. The number of hydrogen-bond donors (Lipinski definition) is 2. The van der Waals surface area contributed by atoms with Crippen molar-refractivity contribution in [2.45, 2.75) is 38.5 Å². The molecule has 1 aliphatic carbocycles. The molecule has 2 N–H and O–H groups in total. The van der Waals surface area contributed by atoms with Crippen LogP contribution in [-0.4, -0.2) is 22.6 Å². The molecule has 1 fully saturated rings. The van der Waals surface area contributed by atoms with Gasteiger partial charge in [0.2, 0.25) is 5.91 Å². The Kier molecular flexibility index (Phi) is 5.61. The van der Waals surface area contributed by atoms with Gasteiger partial charge in [-0.25, -0.2) is 4.98 Å². The highest BCUT2D eigenvalue weighted by molar-refractivity contribution is 9.10. The summed E-state index contributed by atoms with van der Waals surface area (Å²) in [7, 11) is 0. The first-order chi connectivity index (χ1) is 12.0. The number of aromatic nitrogens is 1. The number of aliphatic hydroxyl groups excluding tert-OH is 1. The normalized spacial score (nSPS) is 22.1. The van der Waals surface area contributed by atoms with E-state index in [9.17, 15) is 9.90 Å². The molecule has 1 saturated carbocycles. The Morgan fingerprint density at radius 2 is 2.08 bits per heavy atom. The molecule has 1 unspecified atom stereocenters. The second kappa shape index (κ2) is 7.56. The lowest BCUT2D eigenvalue weighted by Crippen LogP contribution is -2.34. The van der Waals surface area contributed by atoms with Gasteiger partial charge in [0.05, 0.1) is 17.7 Å². The van der Waals surface area contributed by atoms with Gasteiger partial charge in [-0.05, 0) is 43.4 Å². The van der Waals surface area contributed by atoms with Gasteiger partial charge in [0.1, 0.15) is 0 Å². The topological polar surface area (TPSA) is 62.2 Å². The Morgan fingerprint density at radius 3 is 2.68 bits per heavy atom. The first-order valence-electron chi connectivity index (χ1n) is 8.60.